The molecule has 0 aliphatic carbocycles. The number of ether oxygens (including phenoxy) is 3. The summed E-state index contributed by atoms with van der Waals surface area (Å²) in [6.45, 7) is 2.25. The number of methoxy groups -OCH3 is 1. The van der Waals surface area contributed by atoms with Gasteiger partial charge in [0.1, 0.15) is 35.5 Å². The van der Waals surface area contributed by atoms with Gasteiger partial charge in [-0.1, -0.05) is 18.2 Å². The van der Waals surface area contributed by atoms with E-state index < -0.39 is 5.91 Å². The van der Waals surface area contributed by atoms with Crippen LogP contribution in [0.15, 0.2) is 64.2 Å². The largest absolute Gasteiger partial charge is 0.497 e. The van der Waals surface area contributed by atoms with Crippen LogP contribution in [-0.2, 0) is 9.59 Å². The van der Waals surface area contributed by atoms with Gasteiger partial charge >= 0.3 is 0 Å². The van der Waals surface area contributed by atoms with E-state index in [0.29, 0.717) is 34.9 Å². The second-order valence-corrected chi connectivity index (χ2v) is 9.76. The smallest absolute Gasteiger partial charge is 0.283 e. The highest BCUT2D eigenvalue weighted by atomic mass is 32.2. The molecule has 1 saturated heterocycles. The lowest BCUT2D eigenvalue weighted by molar-refractivity contribution is -0.128. The molecule has 0 saturated carbocycles. The van der Waals surface area contributed by atoms with Crippen molar-refractivity contribution in [3.63, 3.8) is 0 Å². The van der Waals surface area contributed by atoms with Crippen molar-refractivity contribution in [1.29, 1.82) is 5.41 Å². The zero-order valence-corrected chi connectivity index (χ0v) is 21.7. The van der Waals surface area contributed by atoms with Crippen molar-refractivity contribution in [2.75, 3.05) is 33.4 Å². The number of likely N-dealkylation sites (tertiary alicyclic amines) is 1. The maximum atomic E-state index is 12.7. The van der Waals surface area contributed by atoms with Crippen LogP contribution < -0.4 is 14.2 Å². The van der Waals surface area contributed by atoms with Gasteiger partial charge in [0, 0.05) is 19.2 Å². The van der Waals surface area contributed by atoms with Gasteiger partial charge in [0.25, 0.3) is 5.91 Å². The highest BCUT2D eigenvalue weighted by Crippen LogP contribution is 2.30. The number of carbonyl (C=O) groups excluding carboxylic acids is 2. The minimum Gasteiger partial charge on any atom is -0.497 e. The standard InChI is InChI=1S/C27H27N5O5S/c1-35-20-5-4-6-21(16-20)37-14-13-36-19-9-7-18(8-10-19)15-22-25(28)32-27(29-26(22)34)38-23(30-32)17-24(33)31-11-2-3-12-31/h4-10,15-16,28H,2-3,11-14,17H2,1H3. The van der Waals surface area contributed by atoms with Crippen LogP contribution in [0, 0.1) is 5.41 Å². The number of benzene rings is 2. The number of aliphatic imine (C=N–C) groups is 1. The first-order valence-electron chi connectivity index (χ1n) is 12.3. The number of amidine groups is 2. The minimum atomic E-state index is -0.508. The third-order valence-electron chi connectivity index (χ3n) is 6.11. The number of nitrogens with zero attached hydrogens (tertiary/aromatic N) is 4. The Morgan fingerprint density at radius 2 is 1.76 bits per heavy atom. The molecule has 0 aromatic heterocycles. The molecule has 0 spiro atoms. The molecule has 38 heavy (non-hydrogen) atoms. The van der Waals surface area contributed by atoms with Gasteiger partial charge in [0.05, 0.1) is 19.1 Å². The summed E-state index contributed by atoms with van der Waals surface area (Å²) in [6.07, 6.45) is 3.79. The number of rotatable bonds is 9. The molecule has 2 amide bonds. The minimum absolute atomic E-state index is 0.0111. The average Bonchev–Trinajstić information content (AvgIpc) is 3.61. The van der Waals surface area contributed by atoms with Crippen molar-refractivity contribution in [3.8, 4) is 17.2 Å². The Labute approximate surface area is 224 Å². The number of fused-ring (bicyclic) bond motifs is 1. The Bertz CT molecular complexity index is 1330. The quantitative estimate of drug-likeness (QED) is 0.385. The summed E-state index contributed by atoms with van der Waals surface area (Å²) in [4.78, 5) is 31.1. The topological polar surface area (TPSA) is 117 Å². The fourth-order valence-electron chi connectivity index (χ4n) is 4.15. The van der Waals surface area contributed by atoms with Crippen LogP contribution in [-0.4, -0.2) is 71.2 Å². The lowest BCUT2D eigenvalue weighted by Gasteiger charge is -2.20. The molecule has 3 aliphatic rings. The zero-order chi connectivity index (χ0) is 26.5. The van der Waals surface area contributed by atoms with Crippen LogP contribution in [0.5, 0.6) is 17.2 Å². The summed E-state index contributed by atoms with van der Waals surface area (Å²) in [7, 11) is 1.61. The molecule has 3 heterocycles. The number of thioether (sulfide) groups is 1. The molecular weight excluding hydrogens is 506 g/mol. The molecule has 0 unspecified atom stereocenters. The Kier molecular flexibility index (Phi) is 7.73. The van der Waals surface area contributed by atoms with E-state index in [4.69, 9.17) is 19.6 Å². The highest BCUT2D eigenvalue weighted by molar-refractivity contribution is 8.27. The number of amides is 2. The molecule has 1 N–H and O–H groups in total. The molecule has 10 nitrogen and oxygen atoms in total. The molecule has 196 valence electrons. The van der Waals surface area contributed by atoms with Crippen LogP contribution >= 0.6 is 11.8 Å². The van der Waals surface area contributed by atoms with E-state index in [1.165, 1.54) is 16.8 Å². The lowest BCUT2D eigenvalue weighted by Crippen LogP contribution is -2.35. The van der Waals surface area contributed by atoms with Gasteiger partial charge in [-0.25, -0.2) is 0 Å². The summed E-state index contributed by atoms with van der Waals surface area (Å²) in [6, 6.07) is 14.5. The fraction of sp³-hybridized carbons (Fsp3) is 0.296. The van der Waals surface area contributed by atoms with E-state index in [1.807, 2.05) is 23.1 Å². The van der Waals surface area contributed by atoms with Gasteiger partial charge in [-0.15, -0.1) is 0 Å². The van der Waals surface area contributed by atoms with Crippen molar-refractivity contribution in [1.82, 2.24) is 9.91 Å². The van der Waals surface area contributed by atoms with E-state index in [0.717, 1.165) is 37.2 Å². The Morgan fingerprint density at radius 3 is 2.50 bits per heavy atom. The SMILES string of the molecule is COc1cccc(OCCOc2ccc(C=C3C(=N)N4N=C(CC(=O)N5CCCC5)SC4=NC3=O)cc2)c1. The van der Waals surface area contributed by atoms with Crippen LogP contribution in [0.2, 0.25) is 0 Å². The fourth-order valence-corrected chi connectivity index (χ4v) is 5.02. The molecule has 3 aliphatic heterocycles. The summed E-state index contributed by atoms with van der Waals surface area (Å²) in [5.41, 5.74) is 0.850. The van der Waals surface area contributed by atoms with Crippen molar-refractivity contribution < 1.29 is 23.8 Å². The molecule has 5 rings (SSSR count). The molecule has 2 aromatic rings. The molecular formula is C27H27N5O5S. The lowest BCUT2D eigenvalue weighted by atomic mass is 10.1. The first-order valence-corrected chi connectivity index (χ1v) is 13.1. The van der Waals surface area contributed by atoms with Gasteiger partial charge in [-0.3, -0.25) is 15.0 Å². The number of hydrogen-bond acceptors (Lipinski definition) is 8. The molecule has 1 fully saturated rings. The van der Waals surface area contributed by atoms with Crippen molar-refractivity contribution in [3.05, 3.63) is 59.7 Å². The number of nitrogens with one attached hydrogen (secondary N) is 1. The third kappa shape index (κ3) is 5.88. The zero-order valence-electron chi connectivity index (χ0n) is 20.9. The van der Waals surface area contributed by atoms with E-state index in [-0.39, 0.29) is 23.7 Å². The van der Waals surface area contributed by atoms with Crippen LogP contribution in [0.25, 0.3) is 6.08 Å². The average molecular weight is 534 g/mol. The summed E-state index contributed by atoms with van der Waals surface area (Å²) in [5.74, 6) is 1.52. The highest BCUT2D eigenvalue weighted by Gasteiger charge is 2.36. The monoisotopic (exact) mass is 533 g/mol. The van der Waals surface area contributed by atoms with E-state index in [1.54, 1.807) is 43.5 Å². The predicted octanol–water partition coefficient (Wildman–Crippen LogP) is 3.78. The molecule has 11 heteroatoms. The Morgan fingerprint density at radius 1 is 1.05 bits per heavy atom. The first-order chi connectivity index (χ1) is 18.5. The maximum Gasteiger partial charge on any atom is 0.283 e. The third-order valence-corrected chi connectivity index (χ3v) is 7.02. The molecule has 0 bridgehead atoms. The first kappa shape index (κ1) is 25.5. The van der Waals surface area contributed by atoms with Gasteiger partial charge in [0.15, 0.2) is 5.84 Å². The second kappa shape index (κ2) is 11.5. The van der Waals surface area contributed by atoms with E-state index >= 15 is 0 Å². The normalized spacial score (nSPS) is 17.9. The maximum absolute atomic E-state index is 12.7. The predicted molar refractivity (Wildman–Crippen MR) is 146 cm³/mol. The summed E-state index contributed by atoms with van der Waals surface area (Å²) >= 11 is 1.17. The van der Waals surface area contributed by atoms with Gasteiger partial charge in [-0.05, 0) is 60.5 Å². The molecule has 0 radical (unpaired) electrons. The van der Waals surface area contributed by atoms with Crippen LogP contribution in [0.3, 0.4) is 0 Å². The molecule has 0 atom stereocenters. The Balaban J connectivity index is 1.17. The Hall–Kier alpha value is -4.12. The number of hydrazone groups is 1. The second-order valence-electron chi connectivity index (χ2n) is 8.72. The molecule has 2 aromatic carbocycles. The van der Waals surface area contributed by atoms with E-state index in [9.17, 15) is 9.59 Å². The summed E-state index contributed by atoms with van der Waals surface area (Å²) in [5, 5.41) is 15.1. The van der Waals surface area contributed by atoms with Gasteiger partial charge in [0.2, 0.25) is 11.1 Å². The summed E-state index contributed by atoms with van der Waals surface area (Å²) < 4.78 is 16.6. The van der Waals surface area contributed by atoms with Gasteiger partial charge in [-0.2, -0.15) is 15.1 Å². The van der Waals surface area contributed by atoms with E-state index in [2.05, 4.69) is 10.1 Å². The number of carbonyl (C=O) groups is 2. The van der Waals surface area contributed by atoms with Crippen LogP contribution in [0.4, 0.5) is 0 Å². The van der Waals surface area contributed by atoms with Gasteiger partial charge < -0.3 is 19.1 Å². The van der Waals surface area contributed by atoms with Crippen molar-refractivity contribution in [2.45, 2.75) is 19.3 Å². The van der Waals surface area contributed by atoms with Crippen molar-refractivity contribution in [2.24, 2.45) is 10.1 Å². The number of hydrogen-bond donors (Lipinski definition) is 1. The van der Waals surface area contributed by atoms with Crippen LogP contribution in [0.1, 0.15) is 24.8 Å². The van der Waals surface area contributed by atoms with Crippen molar-refractivity contribution >= 4 is 45.7 Å².